The first-order chi connectivity index (χ1) is 13.2. The first kappa shape index (κ1) is 16.3. The van der Waals surface area contributed by atoms with Crippen molar-refractivity contribution in [2.24, 2.45) is 0 Å². The molecule has 0 aliphatic heterocycles. The van der Waals surface area contributed by atoms with Crippen molar-refractivity contribution in [3.05, 3.63) is 125 Å². The molecule has 0 saturated heterocycles. The van der Waals surface area contributed by atoms with Gasteiger partial charge in [0.25, 0.3) is 0 Å². The van der Waals surface area contributed by atoms with Gasteiger partial charge in [-0.05, 0) is 54.5 Å². The Morgan fingerprint density at radius 2 is 1.26 bits per heavy atom. The van der Waals surface area contributed by atoms with E-state index in [2.05, 4.69) is 105 Å². The molecular formula is C27H23. The van der Waals surface area contributed by atoms with E-state index in [0.717, 1.165) is 6.42 Å². The lowest BCUT2D eigenvalue weighted by atomic mass is 9.65. The highest BCUT2D eigenvalue weighted by Crippen LogP contribution is 2.57. The summed E-state index contributed by atoms with van der Waals surface area (Å²) in [6, 6.07) is 27.0. The Kier molecular flexibility index (Phi) is 3.68. The van der Waals surface area contributed by atoms with Crippen LogP contribution >= 0.6 is 0 Å². The number of allylic oxidation sites excluding steroid dienone is 4. The highest BCUT2D eigenvalue weighted by Gasteiger charge is 2.46. The summed E-state index contributed by atoms with van der Waals surface area (Å²) in [6.45, 7) is 4.34. The van der Waals surface area contributed by atoms with Crippen LogP contribution in [0.2, 0.25) is 0 Å². The normalized spacial score (nSPS) is 17.0. The molecule has 0 heteroatoms. The van der Waals surface area contributed by atoms with Gasteiger partial charge in [-0.2, -0.15) is 0 Å². The van der Waals surface area contributed by atoms with Gasteiger partial charge in [0.15, 0.2) is 0 Å². The third-order valence-electron chi connectivity index (χ3n) is 6.11. The first-order valence-corrected chi connectivity index (χ1v) is 9.69. The highest BCUT2D eigenvalue weighted by molar-refractivity contribution is 5.86. The lowest BCUT2D eigenvalue weighted by Crippen LogP contribution is -2.30. The predicted octanol–water partition coefficient (Wildman–Crippen LogP) is 6.79. The van der Waals surface area contributed by atoms with Gasteiger partial charge in [-0.15, -0.1) is 0 Å². The van der Waals surface area contributed by atoms with Crippen LogP contribution in [-0.2, 0) is 5.41 Å². The molecule has 5 rings (SSSR count). The molecule has 0 spiro atoms. The Bertz CT molecular complexity index is 1030. The number of hydrogen-bond donors (Lipinski definition) is 0. The van der Waals surface area contributed by atoms with E-state index in [-0.39, 0.29) is 5.41 Å². The van der Waals surface area contributed by atoms with E-state index in [4.69, 9.17) is 0 Å². The lowest BCUT2D eigenvalue weighted by molar-refractivity contribution is 0.714. The molecule has 0 heterocycles. The average molecular weight is 347 g/mol. The Labute approximate surface area is 161 Å². The second-order valence-electron chi connectivity index (χ2n) is 7.72. The monoisotopic (exact) mass is 347 g/mol. The second kappa shape index (κ2) is 6.09. The zero-order valence-corrected chi connectivity index (χ0v) is 15.9. The van der Waals surface area contributed by atoms with Gasteiger partial charge in [-0.1, -0.05) is 102 Å². The van der Waals surface area contributed by atoms with Gasteiger partial charge >= 0.3 is 0 Å². The van der Waals surface area contributed by atoms with Gasteiger partial charge in [0, 0.05) is 0 Å². The smallest absolute Gasteiger partial charge is 0.0676 e. The molecule has 0 aromatic heterocycles. The molecule has 131 valence electrons. The van der Waals surface area contributed by atoms with Crippen molar-refractivity contribution in [1.82, 2.24) is 0 Å². The van der Waals surface area contributed by atoms with Crippen LogP contribution in [0.3, 0.4) is 0 Å². The molecule has 0 unspecified atom stereocenters. The summed E-state index contributed by atoms with van der Waals surface area (Å²) in [5.41, 5.74) is 10.8. The molecular weight excluding hydrogens is 324 g/mol. The van der Waals surface area contributed by atoms with Crippen LogP contribution in [0.5, 0.6) is 0 Å². The number of rotatable bonds is 2. The molecule has 2 aliphatic rings. The summed E-state index contributed by atoms with van der Waals surface area (Å²) in [5, 5.41) is 0. The molecule has 0 amide bonds. The topological polar surface area (TPSA) is 0 Å². The number of hydrogen-bond acceptors (Lipinski definition) is 0. The van der Waals surface area contributed by atoms with Crippen molar-refractivity contribution in [2.45, 2.75) is 25.7 Å². The average Bonchev–Trinajstić information content (AvgIpc) is 3.01. The summed E-state index contributed by atoms with van der Waals surface area (Å²) in [7, 11) is 0. The predicted molar refractivity (Wildman–Crippen MR) is 114 cm³/mol. The second-order valence-corrected chi connectivity index (χ2v) is 7.72. The molecule has 1 radical (unpaired) electrons. The van der Waals surface area contributed by atoms with Crippen molar-refractivity contribution >= 4 is 0 Å². The van der Waals surface area contributed by atoms with Crippen molar-refractivity contribution in [3.63, 3.8) is 0 Å². The van der Waals surface area contributed by atoms with Gasteiger partial charge in [-0.25, -0.2) is 0 Å². The van der Waals surface area contributed by atoms with Crippen LogP contribution in [0.4, 0.5) is 0 Å². The molecule has 0 nitrogen and oxygen atoms in total. The maximum atomic E-state index is 2.36. The minimum atomic E-state index is -0.214. The minimum Gasteiger partial charge on any atom is -0.0693 e. The van der Waals surface area contributed by atoms with Crippen LogP contribution in [0, 0.1) is 13.3 Å². The third-order valence-corrected chi connectivity index (χ3v) is 6.11. The van der Waals surface area contributed by atoms with Crippen molar-refractivity contribution < 1.29 is 0 Å². The highest BCUT2D eigenvalue weighted by atomic mass is 14.5. The van der Waals surface area contributed by atoms with Crippen molar-refractivity contribution in [1.29, 1.82) is 0 Å². The van der Waals surface area contributed by atoms with Crippen LogP contribution in [-0.4, -0.2) is 0 Å². The Morgan fingerprint density at radius 1 is 0.667 bits per heavy atom. The van der Waals surface area contributed by atoms with E-state index < -0.39 is 0 Å². The third kappa shape index (κ3) is 2.29. The molecule has 0 bridgehead atoms. The molecule has 0 saturated carbocycles. The van der Waals surface area contributed by atoms with Crippen LogP contribution < -0.4 is 0 Å². The molecule has 3 aromatic carbocycles. The maximum absolute atomic E-state index is 2.36. The number of aryl methyl sites for hydroxylation is 1. The molecule has 0 fully saturated rings. The van der Waals surface area contributed by atoms with Gasteiger partial charge < -0.3 is 0 Å². The molecule has 3 aromatic rings. The Morgan fingerprint density at radius 3 is 1.81 bits per heavy atom. The maximum Gasteiger partial charge on any atom is 0.0676 e. The Balaban J connectivity index is 1.91. The fourth-order valence-corrected chi connectivity index (χ4v) is 4.80. The van der Waals surface area contributed by atoms with Crippen LogP contribution in [0.15, 0.2) is 96.1 Å². The summed E-state index contributed by atoms with van der Waals surface area (Å²) in [5.74, 6) is 0. The zero-order chi connectivity index (χ0) is 18.4. The summed E-state index contributed by atoms with van der Waals surface area (Å²) in [4.78, 5) is 0. The van der Waals surface area contributed by atoms with E-state index >= 15 is 0 Å². The standard InChI is InChI=1S/C27H23/c1-19-11-15-21(16-12-19)27(22-17-13-20(2)14-18-22)25-9-5-3-7-23(25)24-8-4-6-10-26(24)27/h3-17H,18H2,1-2H3. The van der Waals surface area contributed by atoms with E-state index in [0.29, 0.717) is 0 Å². The zero-order valence-electron chi connectivity index (χ0n) is 15.9. The fraction of sp³-hybridized carbons (Fsp3) is 0.148. The van der Waals surface area contributed by atoms with Crippen molar-refractivity contribution in [3.8, 4) is 11.1 Å². The van der Waals surface area contributed by atoms with Crippen LogP contribution in [0.25, 0.3) is 11.1 Å². The largest absolute Gasteiger partial charge is 0.0693 e. The van der Waals surface area contributed by atoms with E-state index in [1.807, 2.05) is 0 Å². The SMILES string of the molecule is CC1=CC=C(C2(c3ccc(C)cc3)c3ccccc3-c3ccccc32)C[CH]1. The molecule has 0 atom stereocenters. The van der Waals surface area contributed by atoms with E-state index in [9.17, 15) is 0 Å². The van der Waals surface area contributed by atoms with E-state index in [1.54, 1.807) is 0 Å². The van der Waals surface area contributed by atoms with Gasteiger partial charge in [0.2, 0.25) is 0 Å². The van der Waals surface area contributed by atoms with Crippen LogP contribution in [0.1, 0.15) is 35.6 Å². The minimum absolute atomic E-state index is 0.214. The lowest BCUT2D eigenvalue weighted by Gasteiger charge is -2.37. The van der Waals surface area contributed by atoms with Gasteiger partial charge in [-0.3, -0.25) is 0 Å². The first-order valence-electron chi connectivity index (χ1n) is 9.69. The summed E-state index contributed by atoms with van der Waals surface area (Å²) < 4.78 is 0. The van der Waals surface area contributed by atoms with Crippen molar-refractivity contribution in [2.75, 3.05) is 0 Å². The van der Waals surface area contributed by atoms with Gasteiger partial charge in [0.05, 0.1) is 5.41 Å². The molecule has 2 aliphatic carbocycles. The summed E-state index contributed by atoms with van der Waals surface area (Å²) >= 11 is 0. The van der Waals surface area contributed by atoms with Gasteiger partial charge in [0.1, 0.15) is 0 Å². The number of benzene rings is 3. The molecule has 0 N–H and O–H groups in total. The molecule has 27 heavy (non-hydrogen) atoms. The Hall–Kier alpha value is -2.86. The van der Waals surface area contributed by atoms with E-state index in [1.165, 1.54) is 44.5 Å². The number of fused-ring (bicyclic) bond motifs is 3. The quantitative estimate of drug-likeness (QED) is 0.479. The fourth-order valence-electron chi connectivity index (χ4n) is 4.80. The summed E-state index contributed by atoms with van der Waals surface area (Å²) in [6.07, 6.45) is 7.96.